The molecule has 1 heterocycles. The molecule has 4 bridgehead atoms. The maximum Gasteiger partial charge on any atom is 0.260 e. The lowest BCUT2D eigenvalue weighted by atomic mass is 9.69. The molecule has 5 aliphatic rings. The average molecular weight is 444 g/mol. The first kappa shape index (κ1) is 21.0. The van der Waals surface area contributed by atoms with Crippen LogP contribution in [0.4, 0.5) is 22.0 Å². The van der Waals surface area contributed by atoms with Crippen molar-refractivity contribution in [2.24, 2.45) is 23.2 Å². The maximum atomic E-state index is 13.7. The summed E-state index contributed by atoms with van der Waals surface area (Å²) in [6.07, 6.45) is 6.76. The third kappa shape index (κ3) is 3.58. The van der Waals surface area contributed by atoms with Crippen molar-refractivity contribution in [1.82, 2.24) is 9.80 Å². The summed E-state index contributed by atoms with van der Waals surface area (Å²) in [7, 11) is 0. The van der Waals surface area contributed by atoms with Crippen LogP contribution in [0, 0.1) is 52.3 Å². The molecule has 1 aromatic carbocycles. The molecule has 4 nitrogen and oxygen atoms in total. The third-order valence-electron chi connectivity index (χ3n) is 7.84. The number of benzene rings is 1. The van der Waals surface area contributed by atoms with Gasteiger partial charge in [-0.1, -0.05) is 0 Å². The SMILES string of the molecule is O=C(COc1c(F)c(F)c(F)c(F)c1F)N1CCN(CC23CC4CC(C2)C(C4)C3)CC1. The second kappa shape index (κ2) is 7.60. The number of carbonyl (C=O) groups is 1. The van der Waals surface area contributed by atoms with Crippen LogP contribution in [-0.2, 0) is 4.79 Å². The molecule has 0 aromatic heterocycles. The molecule has 9 heteroatoms. The fraction of sp³-hybridized carbons (Fsp3) is 0.682. The second-order valence-corrected chi connectivity index (χ2v) is 9.81. The van der Waals surface area contributed by atoms with Crippen molar-refractivity contribution in [3.8, 4) is 5.75 Å². The summed E-state index contributed by atoms with van der Waals surface area (Å²) in [6.45, 7) is 2.58. The van der Waals surface area contributed by atoms with Gasteiger partial charge in [0.2, 0.25) is 29.1 Å². The van der Waals surface area contributed by atoms with E-state index in [-0.39, 0.29) is 0 Å². The molecule has 170 valence electrons. The van der Waals surface area contributed by atoms with Gasteiger partial charge in [0.15, 0.2) is 12.4 Å². The number of rotatable bonds is 5. The Kier molecular flexibility index (Phi) is 5.14. The van der Waals surface area contributed by atoms with Crippen molar-refractivity contribution < 1.29 is 31.5 Å². The zero-order valence-electron chi connectivity index (χ0n) is 17.1. The highest BCUT2D eigenvalue weighted by Crippen LogP contribution is 2.64. The van der Waals surface area contributed by atoms with Crippen LogP contribution in [-0.4, -0.2) is 55.0 Å². The maximum absolute atomic E-state index is 13.7. The van der Waals surface area contributed by atoms with E-state index in [0.717, 1.165) is 24.3 Å². The molecule has 1 saturated heterocycles. The van der Waals surface area contributed by atoms with E-state index in [4.69, 9.17) is 4.74 Å². The normalized spacial score (nSPS) is 32.2. The number of halogens is 5. The minimum Gasteiger partial charge on any atom is -0.477 e. The van der Waals surface area contributed by atoms with Crippen molar-refractivity contribution in [2.45, 2.75) is 32.1 Å². The largest absolute Gasteiger partial charge is 0.477 e. The third-order valence-corrected chi connectivity index (χ3v) is 7.84. The summed E-state index contributed by atoms with van der Waals surface area (Å²) in [4.78, 5) is 16.3. The topological polar surface area (TPSA) is 32.8 Å². The van der Waals surface area contributed by atoms with Gasteiger partial charge in [0.1, 0.15) is 0 Å². The van der Waals surface area contributed by atoms with Crippen LogP contribution in [0.25, 0.3) is 0 Å². The fourth-order valence-corrected chi connectivity index (χ4v) is 6.74. The molecule has 1 amide bonds. The lowest BCUT2D eigenvalue weighted by molar-refractivity contribution is -0.135. The summed E-state index contributed by atoms with van der Waals surface area (Å²) >= 11 is 0. The Hall–Kier alpha value is -1.90. The smallest absolute Gasteiger partial charge is 0.260 e. The van der Waals surface area contributed by atoms with Gasteiger partial charge in [-0.2, -0.15) is 8.78 Å². The number of hydrogen-bond donors (Lipinski definition) is 0. The molecule has 5 fully saturated rings. The fourth-order valence-electron chi connectivity index (χ4n) is 6.74. The first-order valence-corrected chi connectivity index (χ1v) is 10.9. The Morgan fingerprint density at radius 3 is 1.94 bits per heavy atom. The van der Waals surface area contributed by atoms with Crippen LogP contribution in [0.3, 0.4) is 0 Å². The molecular formula is C22H25F5N2O2. The zero-order valence-corrected chi connectivity index (χ0v) is 17.1. The minimum absolute atomic E-state index is 0.428. The molecule has 0 N–H and O–H groups in total. The monoisotopic (exact) mass is 444 g/mol. The Morgan fingerprint density at radius 1 is 0.839 bits per heavy atom. The van der Waals surface area contributed by atoms with Crippen LogP contribution < -0.4 is 4.74 Å². The van der Waals surface area contributed by atoms with Crippen LogP contribution in [0.5, 0.6) is 5.75 Å². The molecule has 4 aliphatic carbocycles. The van der Waals surface area contributed by atoms with E-state index < -0.39 is 47.3 Å². The standard InChI is InChI=1S/C22H25F5N2O2/c23-16-17(24)19(26)21(20(27)18(16)25)31-10-15(30)29-3-1-28(2-4-29)11-22-7-12-5-13(8-22)14(6-12)9-22/h12-14H,1-11H2. The van der Waals surface area contributed by atoms with Gasteiger partial charge < -0.3 is 9.64 Å². The van der Waals surface area contributed by atoms with Gasteiger partial charge in [-0.3, -0.25) is 9.69 Å². The average Bonchev–Trinajstić information content (AvgIpc) is 3.17. The summed E-state index contributed by atoms with van der Waals surface area (Å²) in [5.74, 6) is -9.86. The van der Waals surface area contributed by atoms with Gasteiger partial charge in [-0.05, 0) is 55.3 Å². The van der Waals surface area contributed by atoms with Crippen molar-refractivity contribution in [1.29, 1.82) is 0 Å². The van der Waals surface area contributed by atoms with Gasteiger partial charge in [0, 0.05) is 32.7 Å². The van der Waals surface area contributed by atoms with E-state index in [0.29, 0.717) is 31.6 Å². The molecule has 2 atom stereocenters. The van der Waals surface area contributed by atoms with Gasteiger partial charge in [-0.15, -0.1) is 0 Å². The van der Waals surface area contributed by atoms with E-state index in [9.17, 15) is 26.7 Å². The summed E-state index contributed by atoms with van der Waals surface area (Å²) < 4.78 is 71.7. The number of amides is 1. The van der Waals surface area contributed by atoms with E-state index >= 15 is 0 Å². The lowest BCUT2D eigenvalue weighted by Gasteiger charge is -2.44. The molecule has 0 spiro atoms. The number of carbonyl (C=O) groups excluding carboxylic acids is 1. The number of nitrogens with zero attached hydrogens (tertiary/aromatic N) is 2. The van der Waals surface area contributed by atoms with Crippen molar-refractivity contribution in [3.63, 3.8) is 0 Å². The van der Waals surface area contributed by atoms with Crippen molar-refractivity contribution in [3.05, 3.63) is 29.1 Å². The van der Waals surface area contributed by atoms with E-state index in [2.05, 4.69) is 4.90 Å². The molecule has 6 rings (SSSR count). The Bertz CT molecular complexity index is 854. The number of ether oxygens (including phenoxy) is 1. The molecule has 4 saturated carbocycles. The van der Waals surface area contributed by atoms with Crippen LogP contribution in [0.2, 0.25) is 0 Å². The summed E-state index contributed by atoms with van der Waals surface area (Å²) in [5, 5.41) is 0. The van der Waals surface area contributed by atoms with E-state index in [1.54, 1.807) is 0 Å². The summed E-state index contributed by atoms with van der Waals surface area (Å²) in [5.41, 5.74) is 0.428. The van der Waals surface area contributed by atoms with Crippen molar-refractivity contribution >= 4 is 5.91 Å². The Morgan fingerprint density at radius 2 is 1.39 bits per heavy atom. The van der Waals surface area contributed by atoms with Gasteiger partial charge in [0.05, 0.1) is 0 Å². The number of hydrogen-bond acceptors (Lipinski definition) is 3. The molecule has 2 unspecified atom stereocenters. The lowest BCUT2D eigenvalue weighted by Crippen LogP contribution is -2.52. The van der Waals surface area contributed by atoms with Gasteiger partial charge in [0.25, 0.3) is 5.91 Å². The molecular weight excluding hydrogens is 419 g/mol. The predicted molar refractivity (Wildman–Crippen MR) is 101 cm³/mol. The van der Waals surface area contributed by atoms with E-state index in [1.165, 1.54) is 37.0 Å². The molecule has 1 aromatic rings. The Labute approximate surface area is 177 Å². The van der Waals surface area contributed by atoms with E-state index in [1.807, 2.05) is 0 Å². The Balaban J connectivity index is 1.14. The highest BCUT2D eigenvalue weighted by Gasteiger charge is 2.56. The van der Waals surface area contributed by atoms with Crippen LogP contribution in [0.1, 0.15) is 32.1 Å². The molecule has 31 heavy (non-hydrogen) atoms. The minimum atomic E-state index is -2.26. The number of piperazine rings is 1. The first-order valence-electron chi connectivity index (χ1n) is 10.9. The molecule has 1 aliphatic heterocycles. The highest BCUT2D eigenvalue weighted by atomic mass is 19.2. The van der Waals surface area contributed by atoms with Crippen LogP contribution in [0.15, 0.2) is 0 Å². The van der Waals surface area contributed by atoms with Gasteiger partial charge >= 0.3 is 0 Å². The summed E-state index contributed by atoms with van der Waals surface area (Å²) in [6, 6.07) is 0. The van der Waals surface area contributed by atoms with Crippen molar-refractivity contribution in [2.75, 3.05) is 39.3 Å². The first-order chi connectivity index (χ1) is 14.8. The van der Waals surface area contributed by atoms with Gasteiger partial charge in [-0.25, -0.2) is 13.2 Å². The highest BCUT2D eigenvalue weighted by molar-refractivity contribution is 5.77. The molecule has 0 radical (unpaired) electrons. The second-order valence-electron chi connectivity index (χ2n) is 9.81. The predicted octanol–water partition coefficient (Wildman–Crippen LogP) is 3.73. The van der Waals surface area contributed by atoms with Crippen LogP contribution >= 0.6 is 0 Å². The zero-order chi connectivity index (χ0) is 21.9. The quantitative estimate of drug-likeness (QED) is 0.394.